The first-order valence-corrected chi connectivity index (χ1v) is 11.2. The van der Waals surface area contributed by atoms with Crippen LogP contribution in [0.4, 0.5) is 0 Å². The molecule has 0 bridgehead atoms. The Labute approximate surface area is 162 Å². The number of ether oxygens (including phenoxy) is 1. The Morgan fingerprint density at radius 3 is 2.92 bits per heavy atom. The van der Waals surface area contributed by atoms with Crippen LogP contribution in [0.1, 0.15) is 29.3 Å². The van der Waals surface area contributed by atoms with Gasteiger partial charge >= 0.3 is 0 Å². The summed E-state index contributed by atoms with van der Waals surface area (Å²) in [7, 11) is -3.48. The lowest BCUT2D eigenvalue weighted by Crippen LogP contribution is -2.40. The molecule has 3 rings (SSSR count). The molecule has 2 atom stereocenters. The predicted octanol–water partition coefficient (Wildman–Crippen LogP) is 1.55. The van der Waals surface area contributed by atoms with E-state index in [0.29, 0.717) is 37.4 Å². The smallest absolute Gasteiger partial charge is 0.264 e. The first kappa shape index (κ1) is 19.6. The zero-order valence-corrected chi connectivity index (χ0v) is 17.2. The maximum atomic E-state index is 12.7. The topological polar surface area (TPSA) is 84.9 Å². The molecule has 1 fully saturated rings. The van der Waals surface area contributed by atoms with E-state index in [-0.39, 0.29) is 18.1 Å². The van der Waals surface area contributed by atoms with Gasteiger partial charge < -0.3 is 10.1 Å². The van der Waals surface area contributed by atoms with Crippen molar-refractivity contribution in [3.8, 4) is 5.75 Å². The van der Waals surface area contributed by atoms with Gasteiger partial charge in [0, 0.05) is 30.0 Å². The quantitative estimate of drug-likeness (QED) is 0.667. The van der Waals surface area contributed by atoms with Crippen molar-refractivity contribution < 1.29 is 22.1 Å². The van der Waals surface area contributed by atoms with Crippen LogP contribution >= 0.6 is 15.9 Å². The number of rotatable bonds is 6. The lowest BCUT2D eigenvalue weighted by molar-refractivity contribution is 0.0938. The number of likely N-dealkylation sites (N-methyl/N-ethyl adjacent to an activating group) is 1. The Hall–Kier alpha value is -1.16. The highest BCUT2D eigenvalue weighted by molar-refractivity contribution is 9.10. The summed E-state index contributed by atoms with van der Waals surface area (Å²) in [6.45, 7) is 4.33. The molecule has 7 nitrogen and oxygen atoms in total. The molecule has 1 amide bonds. The second-order valence-corrected chi connectivity index (χ2v) is 9.17. The van der Waals surface area contributed by atoms with Crippen LogP contribution in [0.15, 0.2) is 16.6 Å². The number of carbonyl (C=O) groups is 1. The monoisotopic (exact) mass is 446 g/mol. The van der Waals surface area contributed by atoms with Gasteiger partial charge in [-0.2, -0.15) is 8.42 Å². The largest absolute Gasteiger partial charge is 0.492 e. The Balaban J connectivity index is 1.64. The van der Waals surface area contributed by atoms with Gasteiger partial charge in [-0.1, -0.05) is 22.9 Å². The van der Waals surface area contributed by atoms with Gasteiger partial charge in [0.15, 0.2) is 0 Å². The zero-order chi connectivity index (χ0) is 18.9. The second-order valence-electron chi connectivity index (χ2n) is 6.65. The maximum absolute atomic E-state index is 12.7. The van der Waals surface area contributed by atoms with Crippen molar-refractivity contribution in [2.75, 3.05) is 32.5 Å². The van der Waals surface area contributed by atoms with E-state index < -0.39 is 10.1 Å². The molecule has 144 valence electrons. The molecule has 26 heavy (non-hydrogen) atoms. The normalized spacial score (nSPS) is 22.9. The molecule has 0 unspecified atom stereocenters. The number of nitrogens with one attached hydrogen (secondary N) is 1. The van der Waals surface area contributed by atoms with Gasteiger partial charge in [0.05, 0.1) is 24.5 Å². The van der Waals surface area contributed by atoms with Gasteiger partial charge in [-0.3, -0.25) is 13.9 Å². The molecule has 2 heterocycles. The van der Waals surface area contributed by atoms with Gasteiger partial charge in [0.25, 0.3) is 16.0 Å². The van der Waals surface area contributed by atoms with Crippen LogP contribution in [0.25, 0.3) is 0 Å². The first-order chi connectivity index (χ1) is 12.3. The summed E-state index contributed by atoms with van der Waals surface area (Å²) in [5.41, 5.74) is 1.55. The number of hydrogen-bond acceptors (Lipinski definition) is 6. The molecule has 1 saturated heterocycles. The summed E-state index contributed by atoms with van der Waals surface area (Å²) in [6, 6.07) is 3.78. The highest BCUT2D eigenvalue weighted by Gasteiger charge is 2.34. The summed E-state index contributed by atoms with van der Waals surface area (Å²) in [4.78, 5) is 14.8. The number of benzene rings is 1. The van der Waals surface area contributed by atoms with Gasteiger partial charge in [-0.05, 0) is 30.7 Å². The van der Waals surface area contributed by atoms with Crippen LogP contribution in [0.3, 0.4) is 0 Å². The Morgan fingerprint density at radius 2 is 2.23 bits per heavy atom. The van der Waals surface area contributed by atoms with Crippen molar-refractivity contribution in [1.29, 1.82) is 0 Å². The molecule has 0 spiro atoms. The predicted molar refractivity (Wildman–Crippen MR) is 101 cm³/mol. The van der Waals surface area contributed by atoms with Crippen LogP contribution in [0.2, 0.25) is 0 Å². The van der Waals surface area contributed by atoms with Crippen molar-refractivity contribution in [2.24, 2.45) is 0 Å². The summed E-state index contributed by atoms with van der Waals surface area (Å²) in [6.07, 6.45) is 2.05. The fourth-order valence-electron chi connectivity index (χ4n) is 3.60. The first-order valence-electron chi connectivity index (χ1n) is 8.62. The molecular formula is C17H23BrN2O5S. The number of amides is 1. The van der Waals surface area contributed by atoms with Crippen molar-refractivity contribution in [1.82, 2.24) is 10.2 Å². The zero-order valence-electron chi connectivity index (χ0n) is 14.8. The molecule has 1 aromatic rings. The minimum atomic E-state index is -3.48. The van der Waals surface area contributed by atoms with Crippen molar-refractivity contribution in [3.05, 3.63) is 27.7 Å². The average Bonchev–Trinajstić information content (AvgIpc) is 3.16. The van der Waals surface area contributed by atoms with E-state index in [9.17, 15) is 13.2 Å². The standard InChI is InChI=1S/C17H23BrN2O5S/c1-3-20-10-14(25-26(2,22)23)8-13(20)9-19-17(21)15-7-12(18)6-11-4-5-24-16(11)15/h6-7,13-14H,3-5,8-10H2,1-2H3,(H,19,21)/t13-,14+/m0/s1. The van der Waals surface area contributed by atoms with Gasteiger partial charge in [-0.25, -0.2) is 0 Å². The molecular weight excluding hydrogens is 424 g/mol. The van der Waals surface area contributed by atoms with Crippen LogP contribution in [-0.4, -0.2) is 63.9 Å². The molecule has 0 radical (unpaired) electrons. The van der Waals surface area contributed by atoms with Crippen LogP contribution in [0.5, 0.6) is 5.75 Å². The minimum absolute atomic E-state index is 0.0387. The molecule has 0 aliphatic carbocycles. The van der Waals surface area contributed by atoms with Gasteiger partial charge in [0.1, 0.15) is 5.75 Å². The lowest BCUT2D eigenvalue weighted by Gasteiger charge is -2.22. The molecule has 1 aromatic carbocycles. The fourth-order valence-corrected chi connectivity index (χ4v) is 4.74. The van der Waals surface area contributed by atoms with Crippen LogP contribution < -0.4 is 10.1 Å². The number of fused-ring (bicyclic) bond motifs is 1. The number of likely N-dealkylation sites (tertiary alicyclic amines) is 1. The van der Waals surface area contributed by atoms with Crippen molar-refractivity contribution in [2.45, 2.75) is 31.9 Å². The fraction of sp³-hybridized carbons (Fsp3) is 0.588. The van der Waals surface area contributed by atoms with E-state index in [0.717, 1.165) is 29.3 Å². The number of nitrogens with zero attached hydrogens (tertiary/aromatic N) is 1. The summed E-state index contributed by atoms with van der Waals surface area (Å²) in [5.74, 6) is 0.468. The van der Waals surface area contributed by atoms with E-state index >= 15 is 0 Å². The third-order valence-electron chi connectivity index (χ3n) is 4.70. The maximum Gasteiger partial charge on any atom is 0.264 e. The summed E-state index contributed by atoms with van der Waals surface area (Å²) >= 11 is 3.44. The highest BCUT2D eigenvalue weighted by Crippen LogP contribution is 2.33. The van der Waals surface area contributed by atoms with Crippen LogP contribution in [-0.2, 0) is 20.7 Å². The van der Waals surface area contributed by atoms with E-state index in [1.165, 1.54) is 0 Å². The highest BCUT2D eigenvalue weighted by atomic mass is 79.9. The molecule has 2 aliphatic rings. The van der Waals surface area contributed by atoms with E-state index in [1.807, 2.05) is 13.0 Å². The lowest BCUT2D eigenvalue weighted by atomic mass is 10.1. The minimum Gasteiger partial charge on any atom is -0.492 e. The number of halogens is 1. The van der Waals surface area contributed by atoms with E-state index in [1.54, 1.807) is 6.07 Å². The number of hydrogen-bond donors (Lipinski definition) is 1. The molecule has 9 heteroatoms. The third kappa shape index (κ3) is 4.57. The van der Waals surface area contributed by atoms with Crippen molar-refractivity contribution >= 4 is 32.0 Å². The van der Waals surface area contributed by atoms with Crippen LogP contribution in [0, 0.1) is 0 Å². The van der Waals surface area contributed by atoms with E-state index in [2.05, 4.69) is 26.1 Å². The molecule has 0 aromatic heterocycles. The Morgan fingerprint density at radius 1 is 1.46 bits per heavy atom. The summed E-state index contributed by atoms with van der Waals surface area (Å²) < 4.78 is 34.3. The Bertz CT molecular complexity index is 799. The van der Waals surface area contributed by atoms with Crippen molar-refractivity contribution in [3.63, 3.8) is 0 Å². The van der Waals surface area contributed by atoms with E-state index in [4.69, 9.17) is 8.92 Å². The van der Waals surface area contributed by atoms with Gasteiger partial charge in [-0.15, -0.1) is 0 Å². The van der Waals surface area contributed by atoms with Gasteiger partial charge in [0.2, 0.25) is 0 Å². The molecule has 2 aliphatic heterocycles. The SMILES string of the molecule is CCN1C[C@H](OS(C)(=O)=O)C[C@H]1CNC(=O)c1cc(Br)cc2c1OCC2. The third-order valence-corrected chi connectivity index (χ3v) is 5.78. The summed E-state index contributed by atoms with van der Waals surface area (Å²) in [5, 5.41) is 2.96. The molecule has 0 saturated carbocycles. The second kappa shape index (κ2) is 7.84. The molecule has 1 N–H and O–H groups in total. The number of carbonyl (C=O) groups excluding carboxylic acids is 1. The Kier molecular flexibility index (Phi) is 5.91. The average molecular weight is 447 g/mol.